The molecule has 9 nitrogen and oxygen atoms in total. The number of nitriles is 1. The largest absolute Gasteiger partial charge is 0.491 e. The van der Waals surface area contributed by atoms with E-state index in [-0.39, 0.29) is 6.10 Å². The van der Waals surface area contributed by atoms with Crippen LogP contribution in [0.1, 0.15) is 5.56 Å². The van der Waals surface area contributed by atoms with Crippen LogP contribution in [0.5, 0.6) is 5.75 Å². The van der Waals surface area contributed by atoms with E-state index in [1.165, 1.54) is 11.8 Å². The van der Waals surface area contributed by atoms with Crippen LogP contribution in [0.15, 0.2) is 66.2 Å². The molecule has 2 aliphatic heterocycles. The SMILES string of the molecule is CSC(=NC#N)N1CCN(c2ccc(OCC3COC(Cn4ccnc4)(c4ccc(Cl)cc4Cl)O3)cc2)CC1. The monoisotopic (exact) mass is 586 g/mol. The molecule has 0 spiro atoms. The van der Waals surface area contributed by atoms with Gasteiger partial charge in [0.1, 0.15) is 18.5 Å². The van der Waals surface area contributed by atoms with Crippen molar-refractivity contribution in [3.8, 4) is 11.9 Å². The van der Waals surface area contributed by atoms with Crippen molar-refractivity contribution in [2.45, 2.75) is 18.4 Å². The van der Waals surface area contributed by atoms with E-state index in [0.717, 1.165) is 42.8 Å². The van der Waals surface area contributed by atoms with E-state index in [4.69, 9.17) is 42.7 Å². The van der Waals surface area contributed by atoms with Gasteiger partial charge in [0.2, 0.25) is 12.0 Å². The fourth-order valence-electron chi connectivity index (χ4n) is 4.76. The van der Waals surface area contributed by atoms with Crippen LogP contribution in [0, 0.1) is 11.5 Å². The summed E-state index contributed by atoms with van der Waals surface area (Å²) in [6.07, 6.45) is 8.81. The third-order valence-electron chi connectivity index (χ3n) is 6.67. The number of aliphatic imine (C=N–C) groups is 1. The number of thioether (sulfide) groups is 1. The molecule has 0 radical (unpaired) electrons. The van der Waals surface area contributed by atoms with Gasteiger partial charge in [0, 0.05) is 54.8 Å². The molecule has 12 heteroatoms. The Balaban J connectivity index is 1.19. The average Bonchev–Trinajstić information content (AvgIpc) is 3.61. The van der Waals surface area contributed by atoms with Crippen LogP contribution in [0.2, 0.25) is 10.0 Å². The van der Waals surface area contributed by atoms with Crippen molar-refractivity contribution in [2.24, 2.45) is 4.99 Å². The highest BCUT2D eigenvalue weighted by atomic mass is 35.5. The molecule has 2 saturated heterocycles. The van der Waals surface area contributed by atoms with E-state index in [1.54, 1.807) is 24.7 Å². The number of anilines is 1. The summed E-state index contributed by atoms with van der Waals surface area (Å²) in [5.74, 6) is -0.334. The Bertz CT molecular complexity index is 1330. The van der Waals surface area contributed by atoms with Crippen molar-refractivity contribution in [3.05, 3.63) is 76.8 Å². The normalized spacial score (nSPS) is 21.7. The van der Waals surface area contributed by atoms with Crippen LogP contribution < -0.4 is 9.64 Å². The Morgan fingerprint density at radius 1 is 1.21 bits per heavy atom. The Hall–Kier alpha value is -2.94. The van der Waals surface area contributed by atoms with E-state index in [2.05, 4.69) is 31.9 Å². The Labute approximate surface area is 241 Å². The van der Waals surface area contributed by atoms with Crippen molar-refractivity contribution >= 4 is 45.8 Å². The van der Waals surface area contributed by atoms with Gasteiger partial charge in [0.15, 0.2) is 5.17 Å². The van der Waals surface area contributed by atoms with Gasteiger partial charge in [-0.3, -0.25) is 0 Å². The lowest BCUT2D eigenvalue weighted by atomic mass is 10.1. The third-order valence-corrected chi connectivity index (χ3v) is 7.93. The first kappa shape index (κ1) is 27.6. The molecule has 0 bridgehead atoms. The van der Waals surface area contributed by atoms with E-state index in [9.17, 15) is 0 Å². The highest BCUT2D eigenvalue weighted by Crippen LogP contribution is 2.40. The summed E-state index contributed by atoms with van der Waals surface area (Å²) >= 11 is 14.2. The van der Waals surface area contributed by atoms with Crippen LogP contribution in [0.3, 0.4) is 0 Å². The Morgan fingerprint density at radius 3 is 2.67 bits per heavy atom. The summed E-state index contributed by atoms with van der Waals surface area (Å²) in [6, 6.07) is 13.4. The number of rotatable bonds is 7. The maximum absolute atomic E-state index is 8.89. The van der Waals surface area contributed by atoms with Gasteiger partial charge in [-0.1, -0.05) is 41.0 Å². The van der Waals surface area contributed by atoms with Crippen LogP contribution >= 0.6 is 35.0 Å². The number of ether oxygens (including phenoxy) is 3. The molecule has 3 heterocycles. The number of hydrogen-bond acceptors (Lipinski definition) is 8. The molecule has 5 rings (SSSR count). The fourth-order valence-corrected chi connectivity index (χ4v) is 5.89. The topological polar surface area (TPSA) is 88.1 Å². The number of piperazine rings is 1. The van der Waals surface area contributed by atoms with Crippen molar-refractivity contribution in [3.63, 3.8) is 0 Å². The van der Waals surface area contributed by atoms with Crippen LogP contribution in [-0.4, -0.2) is 71.4 Å². The number of halogens is 2. The summed E-state index contributed by atoms with van der Waals surface area (Å²) in [5.41, 5.74) is 1.83. The summed E-state index contributed by atoms with van der Waals surface area (Å²) in [5, 5.41) is 10.7. The molecule has 0 aliphatic carbocycles. The van der Waals surface area contributed by atoms with Crippen molar-refractivity contribution in [1.82, 2.24) is 14.5 Å². The predicted molar refractivity (Wildman–Crippen MR) is 153 cm³/mol. The number of nitrogens with zero attached hydrogens (tertiary/aromatic N) is 6. The van der Waals surface area contributed by atoms with Crippen LogP contribution in [0.25, 0.3) is 0 Å². The number of hydrogen-bond donors (Lipinski definition) is 0. The molecule has 1 aromatic heterocycles. The minimum absolute atomic E-state index is 0.297. The summed E-state index contributed by atoms with van der Waals surface area (Å²) < 4.78 is 20.7. The van der Waals surface area contributed by atoms with Gasteiger partial charge in [-0.25, -0.2) is 4.98 Å². The second kappa shape index (κ2) is 12.5. The molecule has 39 heavy (non-hydrogen) atoms. The Kier molecular flexibility index (Phi) is 8.85. The van der Waals surface area contributed by atoms with Crippen molar-refractivity contribution in [2.75, 3.05) is 50.5 Å². The zero-order valence-corrected chi connectivity index (χ0v) is 23.7. The zero-order valence-electron chi connectivity index (χ0n) is 21.4. The van der Waals surface area contributed by atoms with Gasteiger partial charge in [-0.05, 0) is 42.7 Å². The molecule has 0 amide bonds. The van der Waals surface area contributed by atoms with Crippen LogP contribution in [0.4, 0.5) is 5.69 Å². The van der Waals surface area contributed by atoms with Crippen molar-refractivity contribution in [1.29, 1.82) is 5.26 Å². The fraction of sp³-hybridized carbons (Fsp3) is 0.370. The smallest absolute Gasteiger partial charge is 0.215 e. The molecular weight excluding hydrogens is 559 g/mol. The first-order valence-corrected chi connectivity index (χ1v) is 14.4. The average molecular weight is 588 g/mol. The summed E-state index contributed by atoms with van der Waals surface area (Å²) in [6.45, 7) is 4.39. The quantitative estimate of drug-likeness (QED) is 0.220. The lowest BCUT2D eigenvalue weighted by Crippen LogP contribution is -2.48. The second-order valence-corrected chi connectivity index (χ2v) is 10.8. The second-order valence-electron chi connectivity index (χ2n) is 9.14. The van der Waals surface area contributed by atoms with Crippen molar-refractivity contribution < 1.29 is 14.2 Å². The molecule has 2 atom stereocenters. The van der Waals surface area contributed by atoms with Gasteiger partial charge in [0.25, 0.3) is 0 Å². The molecule has 0 N–H and O–H groups in total. The van der Waals surface area contributed by atoms with Gasteiger partial charge >= 0.3 is 0 Å². The van der Waals surface area contributed by atoms with Gasteiger partial charge in [-0.15, -0.1) is 4.99 Å². The first-order valence-electron chi connectivity index (χ1n) is 12.5. The zero-order chi connectivity index (χ0) is 27.2. The molecule has 3 aromatic rings. The minimum Gasteiger partial charge on any atom is -0.491 e. The molecule has 2 fully saturated rings. The number of imidazole rings is 1. The number of aromatic nitrogens is 2. The van der Waals surface area contributed by atoms with Gasteiger partial charge in [-0.2, -0.15) is 5.26 Å². The molecule has 0 saturated carbocycles. The molecule has 204 valence electrons. The lowest BCUT2D eigenvalue weighted by molar-refractivity contribution is -0.189. The number of benzene rings is 2. The Morgan fingerprint density at radius 2 is 2.00 bits per heavy atom. The standard InChI is InChI=1S/C27H28Cl2N6O3S/c1-39-26(32-18-30)35-12-10-34(11-13-35)21-3-5-22(6-4-21)36-15-23-16-37-27(38-23,17-33-9-8-31-19-33)24-7-2-20(28)14-25(24)29/h2-9,14,19,23H,10-13,15-17H2,1H3. The summed E-state index contributed by atoms with van der Waals surface area (Å²) in [7, 11) is 0. The van der Waals surface area contributed by atoms with E-state index in [1.807, 2.05) is 41.4 Å². The lowest BCUT2D eigenvalue weighted by Gasteiger charge is -2.37. The molecular formula is C27H28Cl2N6O3S. The van der Waals surface area contributed by atoms with E-state index in [0.29, 0.717) is 35.4 Å². The maximum atomic E-state index is 8.89. The molecule has 2 aromatic carbocycles. The summed E-state index contributed by atoms with van der Waals surface area (Å²) in [4.78, 5) is 12.5. The first-order chi connectivity index (χ1) is 19.0. The minimum atomic E-state index is -1.09. The molecule has 2 aliphatic rings. The van der Waals surface area contributed by atoms with Gasteiger partial charge in [0.05, 0.1) is 24.5 Å². The van der Waals surface area contributed by atoms with E-state index >= 15 is 0 Å². The highest BCUT2D eigenvalue weighted by molar-refractivity contribution is 8.13. The van der Waals surface area contributed by atoms with Gasteiger partial charge < -0.3 is 28.6 Å². The van der Waals surface area contributed by atoms with E-state index < -0.39 is 5.79 Å². The maximum Gasteiger partial charge on any atom is 0.215 e. The molecule has 2 unspecified atom stereocenters. The number of amidine groups is 1. The highest BCUT2D eigenvalue weighted by Gasteiger charge is 2.45. The third kappa shape index (κ3) is 6.45. The van der Waals surface area contributed by atoms with Crippen LogP contribution in [-0.2, 0) is 21.8 Å². The predicted octanol–water partition coefficient (Wildman–Crippen LogP) is 4.86.